The molecule has 1 aromatic heterocycles. The van der Waals surface area contributed by atoms with Crippen LogP contribution in [-0.4, -0.2) is 40.7 Å². The van der Waals surface area contributed by atoms with Gasteiger partial charge in [0.2, 0.25) is 5.75 Å². The second-order valence-corrected chi connectivity index (χ2v) is 5.55. The predicted molar refractivity (Wildman–Crippen MR) is 100 cm³/mol. The molecule has 1 heterocycles. The van der Waals surface area contributed by atoms with Gasteiger partial charge in [-0.2, -0.15) is 0 Å². The van der Waals surface area contributed by atoms with Crippen molar-refractivity contribution in [3.05, 3.63) is 36.5 Å². The van der Waals surface area contributed by atoms with Crippen molar-refractivity contribution in [2.24, 2.45) is 0 Å². The van der Waals surface area contributed by atoms with Gasteiger partial charge in [-0.3, -0.25) is 0 Å². The van der Waals surface area contributed by atoms with Gasteiger partial charge in [-0.15, -0.1) is 0 Å². The van der Waals surface area contributed by atoms with E-state index < -0.39 is 0 Å². The molecule has 7 heteroatoms. The van der Waals surface area contributed by atoms with Gasteiger partial charge in [-0.1, -0.05) is 5.16 Å². The van der Waals surface area contributed by atoms with Crippen LogP contribution in [0.2, 0.25) is 0 Å². The van der Waals surface area contributed by atoms with Gasteiger partial charge in [-0.25, -0.2) is 0 Å². The highest BCUT2D eigenvalue weighted by molar-refractivity contribution is 5.82. The van der Waals surface area contributed by atoms with Crippen LogP contribution in [0.15, 0.2) is 41.1 Å². The lowest BCUT2D eigenvalue weighted by atomic mass is 10.0. The Hall–Kier alpha value is -3.35. The van der Waals surface area contributed by atoms with Gasteiger partial charge in [0.25, 0.3) is 0 Å². The summed E-state index contributed by atoms with van der Waals surface area (Å²) in [4.78, 5) is 0. The van der Waals surface area contributed by atoms with Gasteiger partial charge < -0.3 is 28.2 Å². The molecule has 0 radical (unpaired) electrons. The standard InChI is InChI=1S/C20H21NO6/c1-22-15-7-6-12(8-16(15)23-2)19-14(11-21-27-19)13-9-17(24-3)20(26-5)18(10-13)25-4/h6-11H,1-5H3. The molecule has 0 bridgehead atoms. The van der Waals surface area contributed by atoms with Crippen LogP contribution in [-0.2, 0) is 0 Å². The fourth-order valence-electron chi connectivity index (χ4n) is 2.87. The van der Waals surface area contributed by atoms with E-state index in [2.05, 4.69) is 5.16 Å². The van der Waals surface area contributed by atoms with E-state index in [9.17, 15) is 0 Å². The molecule has 0 unspecified atom stereocenters. The van der Waals surface area contributed by atoms with Crippen molar-refractivity contribution >= 4 is 0 Å². The smallest absolute Gasteiger partial charge is 0.203 e. The quantitative estimate of drug-likeness (QED) is 0.620. The van der Waals surface area contributed by atoms with Crippen molar-refractivity contribution in [2.45, 2.75) is 0 Å². The average molecular weight is 371 g/mol. The summed E-state index contributed by atoms with van der Waals surface area (Å²) in [5.74, 6) is 3.44. The summed E-state index contributed by atoms with van der Waals surface area (Å²) in [6.45, 7) is 0. The van der Waals surface area contributed by atoms with Crippen LogP contribution in [0.4, 0.5) is 0 Å². The Kier molecular flexibility index (Phi) is 5.40. The average Bonchev–Trinajstić information content (AvgIpc) is 3.21. The molecule has 0 saturated heterocycles. The molecule has 0 aliphatic rings. The maximum atomic E-state index is 5.52. The molecule has 0 fully saturated rings. The summed E-state index contributed by atoms with van der Waals surface area (Å²) >= 11 is 0. The lowest BCUT2D eigenvalue weighted by Gasteiger charge is -2.14. The first-order valence-electron chi connectivity index (χ1n) is 8.14. The van der Waals surface area contributed by atoms with E-state index >= 15 is 0 Å². The Morgan fingerprint density at radius 1 is 0.667 bits per heavy atom. The second-order valence-electron chi connectivity index (χ2n) is 5.55. The highest BCUT2D eigenvalue weighted by atomic mass is 16.5. The summed E-state index contributed by atoms with van der Waals surface area (Å²) < 4.78 is 32.5. The minimum atomic E-state index is 0.521. The molecule has 2 aromatic carbocycles. The monoisotopic (exact) mass is 371 g/mol. The van der Waals surface area contributed by atoms with Crippen LogP contribution < -0.4 is 23.7 Å². The first-order valence-corrected chi connectivity index (χ1v) is 8.14. The zero-order chi connectivity index (χ0) is 19.4. The molecule has 0 amide bonds. The normalized spacial score (nSPS) is 10.4. The van der Waals surface area contributed by atoms with Crippen LogP contribution in [0, 0.1) is 0 Å². The first kappa shape index (κ1) is 18.4. The number of aromatic nitrogens is 1. The fraction of sp³-hybridized carbons (Fsp3) is 0.250. The number of nitrogens with zero attached hydrogens (tertiary/aromatic N) is 1. The van der Waals surface area contributed by atoms with E-state index in [-0.39, 0.29) is 0 Å². The number of ether oxygens (including phenoxy) is 5. The summed E-state index contributed by atoms with van der Waals surface area (Å²) in [6.07, 6.45) is 1.65. The van der Waals surface area contributed by atoms with Crippen LogP contribution >= 0.6 is 0 Å². The zero-order valence-electron chi connectivity index (χ0n) is 15.9. The van der Waals surface area contributed by atoms with E-state index in [4.69, 9.17) is 28.2 Å². The number of hydrogen-bond donors (Lipinski definition) is 0. The summed E-state index contributed by atoms with van der Waals surface area (Å²) in [6, 6.07) is 9.22. The SMILES string of the molecule is COc1ccc(-c2oncc2-c2cc(OC)c(OC)c(OC)c2)cc1OC. The van der Waals surface area contributed by atoms with Gasteiger partial charge in [-0.05, 0) is 35.9 Å². The zero-order valence-corrected chi connectivity index (χ0v) is 15.9. The minimum absolute atomic E-state index is 0.521. The fourth-order valence-corrected chi connectivity index (χ4v) is 2.87. The topological polar surface area (TPSA) is 72.2 Å². The van der Waals surface area contributed by atoms with Crippen molar-refractivity contribution < 1.29 is 28.2 Å². The van der Waals surface area contributed by atoms with E-state index in [1.54, 1.807) is 41.7 Å². The third-order valence-corrected chi connectivity index (χ3v) is 4.19. The van der Waals surface area contributed by atoms with E-state index in [1.165, 1.54) is 0 Å². The van der Waals surface area contributed by atoms with Gasteiger partial charge in [0.15, 0.2) is 28.8 Å². The van der Waals surface area contributed by atoms with Crippen molar-refractivity contribution in [1.29, 1.82) is 0 Å². The second kappa shape index (κ2) is 7.90. The molecule has 3 rings (SSSR count). The van der Waals surface area contributed by atoms with Crippen LogP contribution in [0.3, 0.4) is 0 Å². The Morgan fingerprint density at radius 3 is 1.81 bits per heavy atom. The Labute approximate surface area is 157 Å². The van der Waals surface area contributed by atoms with E-state index in [1.807, 2.05) is 30.3 Å². The van der Waals surface area contributed by atoms with Gasteiger partial charge in [0, 0.05) is 11.1 Å². The molecule has 7 nitrogen and oxygen atoms in total. The minimum Gasteiger partial charge on any atom is -0.493 e. The number of methoxy groups -OCH3 is 5. The van der Waals surface area contributed by atoms with Crippen LogP contribution in [0.25, 0.3) is 22.5 Å². The van der Waals surface area contributed by atoms with Crippen molar-refractivity contribution in [2.75, 3.05) is 35.5 Å². The molecule has 0 saturated carbocycles. The molecule has 0 N–H and O–H groups in total. The number of hydrogen-bond acceptors (Lipinski definition) is 7. The van der Waals surface area contributed by atoms with Gasteiger partial charge >= 0.3 is 0 Å². The summed E-state index contributed by atoms with van der Waals surface area (Å²) in [5, 5.41) is 3.97. The molecule has 0 aliphatic heterocycles. The number of rotatable bonds is 7. The molecular weight excluding hydrogens is 350 g/mol. The molecule has 3 aromatic rings. The molecule has 0 aliphatic carbocycles. The third-order valence-electron chi connectivity index (χ3n) is 4.19. The molecule has 142 valence electrons. The lowest BCUT2D eigenvalue weighted by Crippen LogP contribution is -1.96. The van der Waals surface area contributed by atoms with Gasteiger partial charge in [0.1, 0.15) is 0 Å². The summed E-state index contributed by atoms with van der Waals surface area (Å²) in [7, 11) is 7.89. The molecule has 27 heavy (non-hydrogen) atoms. The molecule has 0 atom stereocenters. The van der Waals surface area contributed by atoms with Crippen LogP contribution in [0.5, 0.6) is 28.7 Å². The predicted octanol–water partition coefficient (Wildman–Crippen LogP) is 4.05. The highest BCUT2D eigenvalue weighted by Gasteiger charge is 2.19. The van der Waals surface area contributed by atoms with E-state index in [0.29, 0.717) is 34.5 Å². The lowest BCUT2D eigenvalue weighted by molar-refractivity contribution is 0.324. The highest BCUT2D eigenvalue weighted by Crippen LogP contribution is 2.44. The Morgan fingerprint density at radius 2 is 1.26 bits per heavy atom. The Bertz CT molecular complexity index is 909. The largest absolute Gasteiger partial charge is 0.493 e. The van der Waals surface area contributed by atoms with Crippen molar-refractivity contribution in [3.8, 4) is 51.2 Å². The maximum absolute atomic E-state index is 5.52. The van der Waals surface area contributed by atoms with E-state index in [0.717, 1.165) is 16.7 Å². The molecular formula is C20H21NO6. The maximum Gasteiger partial charge on any atom is 0.203 e. The number of benzene rings is 2. The van der Waals surface area contributed by atoms with Gasteiger partial charge in [0.05, 0.1) is 41.7 Å². The Balaban J connectivity index is 2.13. The van der Waals surface area contributed by atoms with Crippen molar-refractivity contribution in [3.63, 3.8) is 0 Å². The summed E-state index contributed by atoms with van der Waals surface area (Å²) in [5.41, 5.74) is 2.39. The first-order chi connectivity index (χ1) is 13.2. The molecule has 0 spiro atoms. The van der Waals surface area contributed by atoms with Crippen LogP contribution in [0.1, 0.15) is 0 Å². The third kappa shape index (κ3) is 3.36. The van der Waals surface area contributed by atoms with Crippen molar-refractivity contribution in [1.82, 2.24) is 5.16 Å².